The fourth-order valence-electron chi connectivity index (χ4n) is 0.929. The molecule has 8 heteroatoms. The normalized spacial score (nSPS) is 14.6. The molecule has 0 spiro atoms. The van der Waals surface area contributed by atoms with Crippen LogP contribution in [0.2, 0.25) is 0 Å². The summed E-state index contributed by atoms with van der Waals surface area (Å²) in [6.07, 6.45) is 0. The number of aliphatic hydroxyl groups is 1. The Kier molecular flexibility index (Phi) is 2.87. The molecule has 0 bridgehead atoms. The van der Waals surface area contributed by atoms with Gasteiger partial charge in [-0.15, -0.1) is 0 Å². The van der Waals surface area contributed by atoms with Gasteiger partial charge in [-0.25, -0.2) is 22.4 Å². The summed E-state index contributed by atoms with van der Waals surface area (Å²) in [6, 6.07) is -0.276. The Labute approximate surface area is 84.7 Å². The molecule has 16 heavy (non-hydrogen) atoms. The maximum Gasteiger partial charge on any atom is 0.374 e. The van der Waals surface area contributed by atoms with Crippen molar-refractivity contribution in [2.75, 3.05) is 0 Å². The fourth-order valence-corrected chi connectivity index (χ4v) is 0.929. The molecule has 88 valence electrons. The molecule has 0 aromatic heterocycles. The van der Waals surface area contributed by atoms with Gasteiger partial charge in [0, 0.05) is 0 Å². The first kappa shape index (κ1) is 12.4. The van der Waals surface area contributed by atoms with Gasteiger partial charge >= 0.3 is 11.8 Å². The van der Waals surface area contributed by atoms with Crippen LogP contribution in [0.4, 0.5) is 22.0 Å². The maximum absolute atomic E-state index is 13.0. The second kappa shape index (κ2) is 3.71. The highest BCUT2D eigenvalue weighted by Gasteiger charge is 2.43. The van der Waals surface area contributed by atoms with E-state index in [1.165, 1.54) is 0 Å². The summed E-state index contributed by atoms with van der Waals surface area (Å²) < 4.78 is 63.4. The van der Waals surface area contributed by atoms with Crippen molar-refractivity contribution in [3.8, 4) is 0 Å². The van der Waals surface area contributed by atoms with Crippen LogP contribution in [0.25, 0.3) is 0 Å². The topological polar surface area (TPSA) is 57.5 Å². The average molecular weight is 242 g/mol. The van der Waals surface area contributed by atoms with Crippen LogP contribution >= 0.6 is 0 Å². The molecule has 0 aliphatic rings. The lowest BCUT2D eigenvalue weighted by molar-refractivity contribution is -0.183. The van der Waals surface area contributed by atoms with E-state index in [0.717, 1.165) is 0 Å². The smallest absolute Gasteiger partial charge is 0.374 e. The summed E-state index contributed by atoms with van der Waals surface area (Å²) >= 11 is 0. The van der Waals surface area contributed by atoms with E-state index in [1.807, 2.05) is 0 Å². The molecule has 1 unspecified atom stereocenters. The molecular weight excluding hydrogens is 239 g/mol. The van der Waals surface area contributed by atoms with Crippen molar-refractivity contribution in [1.82, 2.24) is 0 Å². The van der Waals surface area contributed by atoms with E-state index in [9.17, 15) is 26.7 Å². The minimum Gasteiger partial charge on any atom is -0.477 e. The van der Waals surface area contributed by atoms with Crippen LogP contribution in [0.15, 0.2) is 6.07 Å². The van der Waals surface area contributed by atoms with E-state index in [-0.39, 0.29) is 6.07 Å². The van der Waals surface area contributed by atoms with Gasteiger partial charge in [0.2, 0.25) is 0 Å². The number of aliphatic carboxylic acids is 1. The summed E-state index contributed by atoms with van der Waals surface area (Å²) in [6.45, 7) is 0. The highest BCUT2D eigenvalue weighted by atomic mass is 19.2. The first-order chi connectivity index (χ1) is 7.19. The van der Waals surface area contributed by atoms with Gasteiger partial charge in [-0.2, -0.15) is 4.39 Å². The molecule has 1 aromatic carbocycles. The molecule has 0 fully saturated rings. The fraction of sp³-hybridized carbons (Fsp3) is 0.125. The predicted octanol–water partition coefficient (Wildman–Crippen LogP) is 1.44. The van der Waals surface area contributed by atoms with Crippen LogP contribution < -0.4 is 0 Å². The summed E-state index contributed by atoms with van der Waals surface area (Å²) in [7, 11) is 0. The van der Waals surface area contributed by atoms with Crippen molar-refractivity contribution in [3.05, 3.63) is 34.9 Å². The molecule has 0 saturated carbocycles. The molecule has 0 radical (unpaired) electrons. The molecule has 1 aromatic rings. The van der Waals surface area contributed by atoms with E-state index in [0.29, 0.717) is 0 Å². The van der Waals surface area contributed by atoms with Crippen molar-refractivity contribution in [3.63, 3.8) is 0 Å². The molecular formula is C8H3F5O3. The lowest BCUT2D eigenvalue weighted by Crippen LogP contribution is -2.32. The summed E-state index contributed by atoms with van der Waals surface area (Å²) in [5.41, 5.74) is -1.85. The Morgan fingerprint density at radius 2 is 1.62 bits per heavy atom. The molecule has 3 nitrogen and oxygen atoms in total. The highest BCUT2D eigenvalue weighted by molar-refractivity contribution is 5.77. The molecule has 0 aliphatic carbocycles. The average Bonchev–Trinajstić information content (AvgIpc) is 2.19. The zero-order valence-electron chi connectivity index (χ0n) is 7.27. The third-order valence-corrected chi connectivity index (χ3v) is 1.74. The Bertz CT molecular complexity index is 457. The van der Waals surface area contributed by atoms with Gasteiger partial charge < -0.3 is 10.2 Å². The van der Waals surface area contributed by atoms with E-state index in [2.05, 4.69) is 0 Å². The largest absolute Gasteiger partial charge is 0.477 e. The van der Waals surface area contributed by atoms with Gasteiger partial charge in [-0.1, -0.05) is 0 Å². The van der Waals surface area contributed by atoms with Crippen molar-refractivity contribution < 1.29 is 37.0 Å². The number of halogens is 5. The van der Waals surface area contributed by atoms with Crippen molar-refractivity contribution in [2.24, 2.45) is 0 Å². The van der Waals surface area contributed by atoms with Crippen LogP contribution in [0, 0.1) is 23.3 Å². The molecule has 0 heterocycles. The van der Waals surface area contributed by atoms with Crippen LogP contribution in [0.1, 0.15) is 5.56 Å². The number of carboxylic acids is 1. The second-order valence-electron chi connectivity index (χ2n) is 2.78. The first-order valence-corrected chi connectivity index (χ1v) is 3.67. The molecule has 2 N–H and O–H groups in total. The monoisotopic (exact) mass is 242 g/mol. The summed E-state index contributed by atoms with van der Waals surface area (Å²) in [5.74, 6) is -15.9. The minimum atomic E-state index is -4.35. The first-order valence-electron chi connectivity index (χ1n) is 3.67. The van der Waals surface area contributed by atoms with Gasteiger partial charge in [0.25, 0.3) is 0 Å². The highest BCUT2D eigenvalue weighted by Crippen LogP contribution is 2.29. The van der Waals surface area contributed by atoms with Crippen LogP contribution in [-0.4, -0.2) is 16.2 Å². The summed E-state index contributed by atoms with van der Waals surface area (Å²) in [5, 5.41) is 16.8. The second-order valence-corrected chi connectivity index (χ2v) is 2.78. The SMILES string of the molecule is O=C(O)C(O)(F)c1cc(F)c(F)c(F)c1F. The molecule has 1 rings (SSSR count). The lowest BCUT2D eigenvalue weighted by Gasteiger charge is -2.15. The maximum atomic E-state index is 13.0. The predicted molar refractivity (Wildman–Crippen MR) is 38.9 cm³/mol. The van der Waals surface area contributed by atoms with E-state index < -0.39 is 40.7 Å². The van der Waals surface area contributed by atoms with Crippen molar-refractivity contribution in [1.29, 1.82) is 0 Å². The number of carboxylic acid groups (broad SMARTS) is 1. The van der Waals surface area contributed by atoms with E-state index in [4.69, 9.17) is 10.2 Å². The third-order valence-electron chi connectivity index (χ3n) is 1.74. The summed E-state index contributed by atoms with van der Waals surface area (Å²) in [4.78, 5) is 10.2. The molecule has 0 saturated heterocycles. The molecule has 0 amide bonds. The standard InChI is InChI=1S/C8H3F5O3/c9-3-1-2(8(13,16)7(14)15)4(10)6(12)5(3)11/h1,16H,(H,14,15). The Hall–Kier alpha value is -1.70. The molecule has 1 atom stereocenters. The quantitative estimate of drug-likeness (QED) is 0.468. The van der Waals surface area contributed by atoms with Gasteiger partial charge in [-0.05, 0) is 6.07 Å². The van der Waals surface area contributed by atoms with Crippen molar-refractivity contribution >= 4 is 5.97 Å². The van der Waals surface area contributed by atoms with Gasteiger partial charge in [0.1, 0.15) is 0 Å². The van der Waals surface area contributed by atoms with Crippen LogP contribution in [0.3, 0.4) is 0 Å². The number of alkyl halides is 1. The third kappa shape index (κ3) is 1.71. The van der Waals surface area contributed by atoms with Crippen molar-refractivity contribution in [2.45, 2.75) is 5.85 Å². The number of hydrogen-bond donors (Lipinski definition) is 2. The lowest BCUT2D eigenvalue weighted by atomic mass is 10.1. The number of carbonyl (C=O) groups is 1. The van der Waals surface area contributed by atoms with Gasteiger partial charge in [0.05, 0.1) is 5.56 Å². The number of rotatable bonds is 2. The minimum absolute atomic E-state index is 0.276. The Morgan fingerprint density at radius 1 is 1.12 bits per heavy atom. The molecule has 0 aliphatic heterocycles. The van der Waals surface area contributed by atoms with Gasteiger partial charge in [0.15, 0.2) is 23.3 Å². The zero-order chi connectivity index (χ0) is 12.7. The van der Waals surface area contributed by atoms with E-state index >= 15 is 0 Å². The number of benzene rings is 1. The number of hydrogen-bond acceptors (Lipinski definition) is 2. The zero-order valence-corrected chi connectivity index (χ0v) is 7.27. The van der Waals surface area contributed by atoms with Gasteiger partial charge in [-0.3, -0.25) is 0 Å². The van der Waals surface area contributed by atoms with Crippen LogP contribution in [0.5, 0.6) is 0 Å². The van der Waals surface area contributed by atoms with E-state index in [1.54, 1.807) is 0 Å². The van der Waals surface area contributed by atoms with Crippen LogP contribution in [-0.2, 0) is 10.6 Å². The Morgan fingerprint density at radius 3 is 2.06 bits per heavy atom. The Balaban J connectivity index is 3.54.